The van der Waals surface area contributed by atoms with Gasteiger partial charge in [-0.1, -0.05) is 23.2 Å². The highest BCUT2D eigenvalue weighted by Gasteiger charge is 1.98. The van der Waals surface area contributed by atoms with E-state index in [1.807, 2.05) is 0 Å². The molecular weight excluding hydrogens is 194 g/mol. The molecule has 0 aliphatic carbocycles. The van der Waals surface area contributed by atoms with Gasteiger partial charge in [0.05, 0.1) is 12.5 Å². The van der Waals surface area contributed by atoms with Crippen LogP contribution in [0.5, 0.6) is 0 Å². The van der Waals surface area contributed by atoms with Gasteiger partial charge in [-0.25, -0.2) is 0 Å². The zero-order valence-electron chi connectivity index (χ0n) is 5.66. The Morgan fingerprint density at radius 2 is 1.90 bits per heavy atom. The molecule has 0 unspecified atom stereocenters. The monoisotopic (exact) mass is 202 g/mol. The second-order valence-electron chi connectivity index (χ2n) is 1.69. The zero-order valence-corrected chi connectivity index (χ0v) is 7.93. The molecule has 0 N–H and O–H groups in total. The summed E-state index contributed by atoms with van der Waals surface area (Å²) in [5.74, 6) is 0.268. The Hall–Kier alpha value is 0.570. The van der Waals surface area contributed by atoms with Crippen LogP contribution < -0.4 is 0 Å². The Kier molecular flexibility index (Phi) is 6.65. The molecule has 0 aromatic heterocycles. The molecule has 0 spiro atoms. The number of hydrogen-bond acceptors (Lipinski definition) is 1. The molecule has 0 atom stereocenters. The number of allylic oxidation sites excluding steroid dienone is 1. The summed E-state index contributed by atoms with van der Waals surface area (Å²) in [4.78, 5) is 0. The number of halogens is 3. The topological polar surface area (TPSA) is 9.23 Å². The van der Waals surface area contributed by atoms with E-state index in [9.17, 15) is 0 Å². The van der Waals surface area contributed by atoms with Gasteiger partial charge in [0.1, 0.15) is 0 Å². The second kappa shape index (κ2) is 6.29. The van der Waals surface area contributed by atoms with E-state index in [1.165, 1.54) is 0 Å². The fourth-order valence-electron chi connectivity index (χ4n) is 0.400. The van der Waals surface area contributed by atoms with Crippen molar-refractivity contribution in [2.45, 2.75) is 6.42 Å². The van der Waals surface area contributed by atoms with Gasteiger partial charge in [0.2, 0.25) is 0 Å². The standard InChI is InChI=1S/C6H9Cl3O/c1-10-3-2-5(8)6(9)4-7/h2-4H2,1H3/b6-5+. The van der Waals surface area contributed by atoms with Crippen molar-refractivity contribution in [3.05, 3.63) is 10.1 Å². The van der Waals surface area contributed by atoms with Crippen molar-refractivity contribution in [3.8, 4) is 0 Å². The largest absolute Gasteiger partial charge is 0.384 e. The van der Waals surface area contributed by atoms with Crippen molar-refractivity contribution in [1.82, 2.24) is 0 Å². The van der Waals surface area contributed by atoms with Crippen LogP contribution in [0.25, 0.3) is 0 Å². The minimum atomic E-state index is 0.268. The summed E-state index contributed by atoms with van der Waals surface area (Å²) in [6, 6.07) is 0. The van der Waals surface area contributed by atoms with E-state index in [2.05, 4.69) is 0 Å². The van der Waals surface area contributed by atoms with Crippen molar-refractivity contribution in [2.75, 3.05) is 19.6 Å². The molecule has 0 saturated carbocycles. The van der Waals surface area contributed by atoms with Crippen molar-refractivity contribution in [2.24, 2.45) is 0 Å². The van der Waals surface area contributed by atoms with E-state index in [1.54, 1.807) is 7.11 Å². The number of hydrogen-bond donors (Lipinski definition) is 0. The predicted molar refractivity (Wildman–Crippen MR) is 45.9 cm³/mol. The van der Waals surface area contributed by atoms with Crippen molar-refractivity contribution < 1.29 is 4.74 Å². The molecule has 0 rings (SSSR count). The molecule has 0 aromatic rings. The first-order valence-corrected chi connectivity index (χ1v) is 4.09. The van der Waals surface area contributed by atoms with Crippen LogP contribution in [0.3, 0.4) is 0 Å². The number of rotatable bonds is 4. The van der Waals surface area contributed by atoms with E-state index < -0.39 is 0 Å². The number of methoxy groups -OCH3 is 1. The summed E-state index contributed by atoms with van der Waals surface area (Å²) in [7, 11) is 1.61. The maximum absolute atomic E-state index is 5.69. The molecule has 60 valence electrons. The van der Waals surface area contributed by atoms with Crippen LogP contribution in [0, 0.1) is 0 Å². The Morgan fingerprint density at radius 1 is 1.30 bits per heavy atom. The lowest BCUT2D eigenvalue weighted by Gasteiger charge is -1.98. The Labute approximate surface area is 75.9 Å². The van der Waals surface area contributed by atoms with Gasteiger partial charge in [-0.3, -0.25) is 0 Å². The van der Waals surface area contributed by atoms with E-state index in [0.29, 0.717) is 23.1 Å². The third-order valence-corrected chi connectivity index (χ3v) is 2.22. The van der Waals surface area contributed by atoms with Crippen molar-refractivity contribution >= 4 is 34.8 Å². The normalized spacial score (nSPS) is 13.2. The van der Waals surface area contributed by atoms with Gasteiger partial charge in [-0.05, 0) is 0 Å². The molecule has 1 nitrogen and oxygen atoms in total. The maximum atomic E-state index is 5.69. The van der Waals surface area contributed by atoms with E-state index in [-0.39, 0.29) is 5.88 Å². The highest BCUT2D eigenvalue weighted by Crippen LogP contribution is 2.18. The van der Waals surface area contributed by atoms with Crippen LogP contribution in [0.15, 0.2) is 10.1 Å². The molecular formula is C6H9Cl3O. The molecule has 0 saturated heterocycles. The van der Waals surface area contributed by atoms with Crippen LogP contribution in [0.4, 0.5) is 0 Å². The van der Waals surface area contributed by atoms with Gasteiger partial charge in [0, 0.05) is 23.6 Å². The molecule has 0 radical (unpaired) electrons. The molecule has 0 aliphatic heterocycles. The average Bonchev–Trinajstić information content (AvgIpc) is 1.98. The SMILES string of the molecule is COCC/C(Cl)=C(\Cl)CCl. The van der Waals surface area contributed by atoms with Crippen molar-refractivity contribution in [3.63, 3.8) is 0 Å². The summed E-state index contributed by atoms with van der Waals surface area (Å²) in [6.07, 6.45) is 0.629. The van der Waals surface area contributed by atoms with E-state index in [4.69, 9.17) is 39.5 Å². The maximum Gasteiger partial charge on any atom is 0.0593 e. The third kappa shape index (κ3) is 4.40. The van der Waals surface area contributed by atoms with Gasteiger partial charge in [0.25, 0.3) is 0 Å². The fourth-order valence-corrected chi connectivity index (χ4v) is 0.868. The zero-order chi connectivity index (χ0) is 7.98. The van der Waals surface area contributed by atoms with Crippen LogP contribution in [-0.4, -0.2) is 19.6 Å². The summed E-state index contributed by atoms with van der Waals surface area (Å²) >= 11 is 16.7. The lowest BCUT2D eigenvalue weighted by molar-refractivity contribution is 0.203. The Bertz CT molecular complexity index is 122. The van der Waals surface area contributed by atoms with Crippen LogP contribution in [-0.2, 0) is 4.74 Å². The molecule has 4 heteroatoms. The smallest absolute Gasteiger partial charge is 0.0593 e. The third-order valence-electron chi connectivity index (χ3n) is 0.937. The molecule has 0 bridgehead atoms. The lowest BCUT2D eigenvalue weighted by Crippen LogP contribution is -1.89. The number of ether oxygens (including phenoxy) is 1. The molecule has 10 heavy (non-hydrogen) atoms. The minimum Gasteiger partial charge on any atom is -0.384 e. The van der Waals surface area contributed by atoms with Gasteiger partial charge >= 0.3 is 0 Å². The summed E-state index contributed by atoms with van der Waals surface area (Å²) < 4.78 is 4.79. The van der Waals surface area contributed by atoms with Gasteiger partial charge in [-0.15, -0.1) is 11.6 Å². The highest BCUT2D eigenvalue weighted by atomic mass is 35.5. The van der Waals surface area contributed by atoms with E-state index >= 15 is 0 Å². The first-order valence-electron chi connectivity index (χ1n) is 2.80. The summed E-state index contributed by atoms with van der Waals surface area (Å²) in [5, 5.41) is 1.08. The molecule has 0 heterocycles. The van der Waals surface area contributed by atoms with Gasteiger partial charge in [-0.2, -0.15) is 0 Å². The summed E-state index contributed by atoms with van der Waals surface area (Å²) in [5.41, 5.74) is 0. The minimum absolute atomic E-state index is 0.268. The van der Waals surface area contributed by atoms with Crippen LogP contribution >= 0.6 is 34.8 Å². The molecule has 0 aromatic carbocycles. The first-order chi connectivity index (χ1) is 4.72. The van der Waals surface area contributed by atoms with Crippen molar-refractivity contribution in [1.29, 1.82) is 0 Å². The van der Waals surface area contributed by atoms with E-state index in [0.717, 1.165) is 0 Å². The number of alkyl halides is 1. The highest BCUT2D eigenvalue weighted by molar-refractivity contribution is 6.42. The van der Waals surface area contributed by atoms with Crippen LogP contribution in [0.2, 0.25) is 0 Å². The first kappa shape index (κ1) is 10.6. The quantitative estimate of drug-likeness (QED) is 0.639. The van der Waals surface area contributed by atoms with Gasteiger partial charge in [0.15, 0.2) is 0 Å². The average molecular weight is 203 g/mol. The lowest BCUT2D eigenvalue weighted by atomic mass is 10.4. The fraction of sp³-hybridized carbons (Fsp3) is 0.667. The predicted octanol–water partition coefficient (Wildman–Crippen LogP) is 2.95. The Balaban J connectivity index is 3.68. The summed E-state index contributed by atoms with van der Waals surface area (Å²) in [6.45, 7) is 0.575. The van der Waals surface area contributed by atoms with Gasteiger partial charge < -0.3 is 4.74 Å². The molecule has 0 fully saturated rings. The van der Waals surface area contributed by atoms with Crippen LogP contribution in [0.1, 0.15) is 6.42 Å². The Morgan fingerprint density at radius 3 is 2.30 bits per heavy atom. The molecule has 0 aliphatic rings. The second-order valence-corrected chi connectivity index (χ2v) is 2.87. The molecule has 0 amide bonds.